The lowest BCUT2D eigenvalue weighted by atomic mass is 9.88. The van der Waals surface area contributed by atoms with Crippen LogP contribution in [0, 0.1) is 0 Å². The molecule has 9 heteroatoms. The first-order valence-electron chi connectivity index (χ1n) is 8.08. The normalized spacial score (nSPS) is 19.5. The number of aliphatic imine (C=N–C) groups is 1. The SMILES string of the molecule is CN=C(NCC1(N(C)C)CCOCC1)NC(C)CCS(C)(=O)=O.I. The fourth-order valence-electron chi connectivity index (χ4n) is 2.67. The molecule has 7 nitrogen and oxygen atoms in total. The number of hydrogen-bond acceptors (Lipinski definition) is 5. The number of hydrogen-bond donors (Lipinski definition) is 2. The molecule has 0 radical (unpaired) electrons. The average molecular weight is 476 g/mol. The van der Waals surface area contributed by atoms with Crippen LogP contribution in [0.3, 0.4) is 0 Å². The fraction of sp³-hybridized carbons (Fsp3) is 0.933. The lowest BCUT2D eigenvalue weighted by molar-refractivity contribution is -0.00502. The molecule has 1 aliphatic rings. The highest BCUT2D eigenvalue weighted by molar-refractivity contribution is 14.0. The van der Waals surface area contributed by atoms with Gasteiger partial charge in [-0.25, -0.2) is 8.42 Å². The van der Waals surface area contributed by atoms with Gasteiger partial charge < -0.3 is 20.3 Å². The van der Waals surface area contributed by atoms with Gasteiger partial charge in [0.15, 0.2) is 5.96 Å². The van der Waals surface area contributed by atoms with Gasteiger partial charge in [-0.2, -0.15) is 0 Å². The van der Waals surface area contributed by atoms with Gasteiger partial charge in [0, 0.05) is 44.6 Å². The number of guanidine groups is 1. The van der Waals surface area contributed by atoms with E-state index in [4.69, 9.17) is 4.74 Å². The molecule has 1 rings (SSSR count). The summed E-state index contributed by atoms with van der Waals surface area (Å²) in [5.41, 5.74) is 0.0614. The zero-order chi connectivity index (χ0) is 17.5. The van der Waals surface area contributed by atoms with Gasteiger partial charge in [0.25, 0.3) is 0 Å². The van der Waals surface area contributed by atoms with Crippen molar-refractivity contribution in [1.82, 2.24) is 15.5 Å². The van der Waals surface area contributed by atoms with Crippen molar-refractivity contribution in [2.24, 2.45) is 4.99 Å². The first kappa shape index (κ1) is 23.9. The molecule has 0 aromatic carbocycles. The van der Waals surface area contributed by atoms with Crippen LogP contribution in [0.2, 0.25) is 0 Å². The molecule has 1 aliphatic heterocycles. The molecule has 0 bridgehead atoms. The molecule has 0 amide bonds. The van der Waals surface area contributed by atoms with Crippen molar-refractivity contribution in [3.8, 4) is 0 Å². The number of sulfone groups is 1. The smallest absolute Gasteiger partial charge is 0.191 e. The summed E-state index contributed by atoms with van der Waals surface area (Å²) in [6.45, 7) is 4.29. The highest BCUT2D eigenvalue weighted by Gasteiger charge is 2.34. The molecule has 1 fully saturated rings. The van der Waals surface area contributed by atoms with Gasteiger partial charge in [0.05, 0.1) is 5.75 Å². The quantitative estimate of drug-likeness (QED) is 0.320. The molecular formula is C15H33IN4O3S. The van der Waals surface area contributed by atoms with Gasteiger partial charge >= 0.3 is 0 Å². The lowest BCUT2D eigenvalue weighted by Gasteiger charge is -2.43. The first-order chi connectivity index (χ1) is 10.7. The maximum absolute atomic E-state index is 11.2. The van der Waals surface area contributed by atoms with E-state index in [1.807, 2.05) is 6.92 Å². The molecule has 0 aromatic rings. The Hall–Kier alpha value is -0.130. The summed E-state index contributed by atoms with van der Waals surface area (Å²) in [4.78, 5) is 6.50. The van der Waals surface area contributed by atoms with Gasteiger partial charge in [0.1, 0.15) is 9.84 Å². The Morgan fingerprint density at radius 1 is 1.33 bits per heavy atom. The highest BCUT2D eigenvalue weighted by atomic mass is 127. The summed E-state index contributed by atoms with van der Waals surface area (Å²) in [5, 5.41) is 6.64. The van der Waals surface area contributed by atoms with Crippen LogP contribution >= 0.6 is 24.0 Å². The van der Waals surface area contributed by atoms with Crippen LogP contribution in [0.1, 0.15) is 26.2 Å². The van der Waals surface area contributed by atoms with E-state index in [1.54, 1.807) is 7.05 Å². The zero-order valence-corrected chi connectivity index (χ0v) is 18.6. The van der Waals surface area contributed by atoms with Crippen LogP contribution in [0.4, 0.5) is 0 Å². The first-order valence-corrected chi connectivity index (χ1v) is 10.1. The Kier molecular flexibility index (Phi) is 10.7. The second-order valence-electron chi connectivity index (χ2n) is 6.62. The number of rotatable bonds is 7. The van der Waals surface area contributed by atoms with E-state index in [0.717, 1.165) is 32.6 Å². The molecule has 0 aromatic heterocycles. The molecule has 1 heterocycles. The van der Waals surface area contributed by atoms with Gasteiger partial charge in [-0.3, -0.25) is 4.99 Å². The van der Waals surface area contributed by atoms with Crippen molar-refractivity contribution < 1.29 is 13.2 Å². The number of nitrogens with one attached hydrogen (secondary N) is 2. The van der Waals surface area contributed by atoms with Crippen molar-refractivity contribution in [1.29, 1.82) is 0 Å². The molecule has 0 saturated carbocycles. The largest absolute Gasteiger partial charge is 0.381 e. The van der Waals surface area contributed by atoms with Gasteiger partial charge in [-0.15, -0.1) is 24.0 Å². The van der Waals surface area contributed by atoms with Crippen molar-refractivity contribution >= 4 is 39.8 Å². The van der Waals surface area contributed by atoms with E-state index in [0.29, 0.717) is 12.4 Å². The third-order valence-corrected chi connectivity index (χ3v) is 5.46. The molecule has 2 N–H and O–H groups in total. The van der Waals surface area contributed by atoms with Gasteiger partial charge in [-0.1, -0.05) is 0 Å². The second-order valence-corrected chi connectivity index (χ2v) is 8.88. The Morgan fingerprint density at radius 3 is 2.38 bits per heavy atom. The maximum Gasteiger partial charge on any atom is 0.191 e. The van der Waals surface area contributed by atoms with Crippen LogP contribution < -0.4 is 10.6 Å². The minimum atomic E-state index is -2.93. The Bertz CT molecular complexity index is 491. The zero-order valence-electron chi connectivity index (χ0n) is 15.5. The highest BCUT2D eigenvalue weighted by Crippen LogP contribution is 2.24. The summed E-state index contributed by atoms with van der Waals surface area (Å²) in [6.07, 6.45) is 3.78. The number of nitrogens with zero attached hydrogens (tertiary/aromatic N) is 2. The third-order valence-electron chi connectivity index (χ3n) is 4.49. The average Bonchev–Trinajstić information content (AvgIpc) is 2.49. The summed E-state index contributed by atoms with van der Waals surface area (Å²) < 4.78 is 28.0. The number of likely N-dealkylation sites (N-methyl/N-ethyl adjacent to an activating group) is 1. The van der Waals surface area contributed by atoms with Crippen LogP contribution in [0.5, 0.6) is 0 Å². The van der Waals surface area contributed by atoms with Crippen LogP contribution in [-0.2, 0) is 14.6 Å². The molecule has 0 aliphatic carbocycles. The van der Waals surface area contributed by atoms with Crippen molar-refractivity contribution in [3.05, 3.63) is 0 Å². The molecule has 24 heavy (non-hydrogen) atoms. The topological polar surface area (TPSA) is 83.0 Å². The summed E-state index contributed by atoms with van der Waals surface area (Å²) in [7, 11) is 2.98. The third kappa shape index (κ3) is 8.30. The predicted molar refractivity (Wildman–Crippen MR) is 110 cm³/mol. The molecule has 0 spiro atoms. The van der Waals surface area contributed by atoms with Crippen molar-refractivity contribution in [3.63, 3.8) is 0 Å². The van der Waals surface area contributed by atoms with E-state index >= 15 is 0 Å². The van der Waals surface area contributed by atoms with Crippen molar-refractivity contribution in [2.45, 2.75) is 37.8 Å². The Morgan fingerprint density at radius 2 is 1.92 bits per heavy atom. The van der Waals surface area contributed by atoms with Crippen LogP contribution in [0.15, 0.2) is 4.99 Å². The standard InChI is InChI=1S/C15H32N4O3S.HI/c1-13(6-11-23(5,20)21)18-14(16-2)17-12-15(19(3)4)7-9-22-10-8-15;/h13H,6-12H2,1-5H3,(H2,16,17,18);1H. The Labute approximate surface area is 163 Å². The van der Waals surface area contributed by atoms with Crippen LogP contribution in [0.25, 0.3) is 0 Å². The second kappa shape index (κ2) is 10.8. The summed E-state index contributed by atoms with van der Waals surface area (Å²) in [5.74, 6) is 0.885. The molecule has 1 saturated heterocycles. The Balaban J connectivity index is 0.00000529. The van der Waals surface area contributed by atoms with Crippen molar-refractivity contribution in [2.75, 3.05) is 52.9 Å². The van der Waals surface area contributed by atoms with Crippen LogP contribution in [-0.4, -0.2) is 83.8 Å². The number of halogens is 1. The lowest BCUT2D eigenvalue weighted by Crippen LogP contribution is -2.57. The van der Waals surface area contributed by atoms with E-state index < -0.39 is 9.84 Å². The maximum atomic E-state index is 11.2. The van der Waals surface area contributed by atoms with Gasteiger partial charge in [-0.05, 0) is 40.3 Å². The predicted octanol–water partition coefficient (Wildman–Crippen LogP) is 0.703. The number of ether oxygens (including phenoxy) is 1. The van der Waals surface area contributed by atoms with E-state index in [-0.39, 0.29) is 41.3 Å². The fourth-order valence-corrected chi connectivity index (χ4v) is 3.45. The van der Waals surface area contributed by atoms with Gasteiger partial charge in [0.2, 0.25) is 0 Å². The molecule has 1 unspecified atom stereocenters. The minimum absolute atomic E-state index is 0. The summed E-state index contributed by atoms with van der Waals surface area (Å²) in [6, 6.07) is 0.0425. The van der Waals surface area contributed by atoms with E-state index in [9.17, 15) is 8.42 Å². The molecular weight excluding hydrogens is 443 g/mol. The molecule has 144 valence electrons. The molecule has 1 atom stereocenters. The van der Waals surface area contributed by atoms with E-state index in [1.165, 1.54) is 6.26 Å². The monoisotopic (exact) mass is 476 g/mol. The minimum Gasteiger partial charge on any atom is -0.381 e. The van der Waals surface area contributed by atoms with E-state index in [2.05, 4.69) is 34.6 Å². The summed E-state index contributed by atoms with van der Waals surface area (Å²) >= 11 is 0.